The molecule has 0 saturated carbocycles. The number of benzene rings is 1. The predicted octanol–water partition coefficient (Wildman–Crippen LogP) is 3.20. The molecule has 0 radical (unpaired) electrons. The van der Waals surface area contributed by atoms with Gasteiger partial charge >= 0.3 is 0 Å². The van der Waals surface area contributed by atoms with Gasteiger partial charge in [0, 0.05) is 19.3 Å². The monoisotopic (exact) mass is 332 g/mol. The molecule has 0 aliphatic heterocycles. The van der Waals surface area contributed by atoms with Crippen LogP contribution in [0.15, 0.2) is 24.4 Å². The average molecular weight is 333 g/mol. The number of ether oxygens (including phenoxy) is 1. The molecule has 0 bridgehead atoms. The lowest BCUT2D eigenvalue weighted by atomic mass is 10.3. The number of halogens is 1. The normalized spacial score (nSPS) is 10.8. The molecule has 0 aliphatic rings. The highest BCUT2D eigenvalue weighted by atomic mass is 35.5. The molecule has 7 nitrogen and oxygen atoms in total. The van der Waals surface area contributed by atoms with Crippen molar-refractivity contribution in [2.75, 3.05) is 24.3 Å². The van der Waals surface area contributed by atoms with Crippen molar-refractivity contribution in [2.24, 2.45) is 7.05 Å². The van der Waals surface area contributed by atoms with Crippen molar-refractivity contribution in [2.45, 2.75) is 6.92 Å². The van der Waals surface area contributed by atoms with Crippen molar-refractivity contribution in [1.29, 1.82) is 0 Å². The highest BCUT2D eigenvalue weighted by Crippen LogP contribution is 2.30. The molecule has 0 unspecified atom stereocenters. The lowest BCUT2D eigenvalue weighted by Crippen LogP contribution is -2.06. The first-order valence-corrected chi connectivity index (χ1v) is 7.54. The van der Waals surface area contributed by atoms with Gasteiger partial charge < -0.3 is 15.4 Å². The van der Waals surface area contributed by atoms with Crippen molar-refractivity contribution < 1.29 is 4.74 Å². The molecule has 8 heteroatoms. The Morgan fingerprint density at radius 2 is 2.13 bits per heavy atom. The first-order chi connectivity index (χ1) is 11.1. The number of methoxy groups -OCH3 is 1. The molecule has 0 aliphatic carbocycles. The van der Waals surface area contributed by atoms with E-state index >= 15 is 0 Å². The Bertz CT molecular complexity index is 847. The molecule has 2 aromatic heterocycles. The molecule has 3 rings (SSSR count). The van der Waals surface area contributed by atoms with Crippen molar-refractivity contribution in [3.05, 3.63) is 29.4 Å². The molecule has 0 fully saturated rings. The zero-order chi connectivity index (χ0) is 16.4. The van der Waals surface area contributed by atoms with Gasteiger partial charge in [-0.1, -0.05) is 11.6 Å². The van der Waals surface area contributed by atoms with E-state index in [0.29, 0.717) is 22.5 Å². The predicted molar refractivity (Wildman–Crippen MR) is 91.8 cm³/mol. The van der Waals surface area contributed by atoms with Crippen LogP contribution in [-0.2, 0) is 7.05 Å². The SMILES string of the molecule is CCNc1nc(Nc2ccc(OC)c(Cl)c2)c2cnn(C)c2n1. The second-order valence-corrected chi connectivity index (χ2v) is 5.31. The van der Waals surface area contributed by atoms with Gasteiger partial charge in [-0.15, -0.1) is 0 Å². The maximum absolute atomic E-state index is 6.17. The van der Waals surface area contributed by atoms with Crippen LogP contribution in [-0.4, -0.2) is 33.4 Å². The minimum Gasteiger partial charge on any atom is -0.495 e. The largest absolute Gasteiger partial charge is 0.495 e. The van der Waals surface area contributed by atoms with E-state index in [1.807, 2.05) is 20.0 Å². The Morgan fingerprint density at radius 3 is 2.83 bits per heavy atom. The van der Waals surface area contributed by atoms with Gasteiger partial charge in [-0.3, -0.25) is 4.68 Å². The summed E-state index contributed by atoms with van der Waals surface area (Å²) in [6, 6.07) is 5.47. The summed E-state index contributed by atoms with van der Waals surface area (Å²) in [5.41, 5.74) is 1.56. The number of nitrogens with zero attached hydrogens (tertiary/aromatic N) is 4. The van der Waals surface area contributed by atoms with Gasteiger partial charge in [0.15, 0.2) is 5.65 Å². The number of aromatic nitrogens is 4. The maximum Gasteiger partial charge on any atom is 0.226 e. The first-order valence-electron chi connectivity index (χ1n) is 7.16. The summed E-state index contributed by atoms with van der Waals surface area (Å²) in [5.74, 6) is 1.84. The number of fused-ring (bicyclic) bond motifs is 1. The van der Waals surface area contributed by atoms with Crippen molar-refractivity contribution in [1.82, 2.24) is 19.7 Å². The van der Waals surface area contributed by atoms with E-state index in [4.69, 9.17) is 16.3 Å². The number of hydrogen-bond donors (Lipinski definition) is 2. The Balaban J connectivity index is 2.03. The number of rotatable bonds is 5. The topological polar surface area (TPSA) is 76.9 Å². The fourth-order valence-corrected chi connectivity index (χ4v) is 2.49. The molecule has 1 aromatic carbocycles. The summed E-state index contributed by atoms with van der Waals surface area (Å²) in [4.78, 5) is 8.97. The Kier molecular flexibility index (Phi) is 4.20. The average Bonchev–Trinajstić information content (AvgIpc) is 2.90. The fourth-order valence-electron chi connectivity index (χ4n) is 2.24. The third-order valence-corrected chi connectivity index (χ3v) is 3.64. The lowest BCUT2D eigenvalue weighted by Gasteiger charge is -2.11. The molecule has 3 aromatic rings. The van der Waals surface area contributed by atoms with Crippen LogP contribution in [0, 0.1) is 0 Å². The molecular weight excluding hydrogens is 316 g/mol. The van der Waals surface area contributed by atoms with Crippen LogP contribution in [0.1, 0.15) is 6.92 Å². The third-order valence-electron chi connectivity index (χ3n) is 3.34. The summed E-state index contributed by atoms with van der Waals surface area (Å²) in [7, 11) is 3.43. The lowest BCUT2D eigenvalue weighted by molar-refractivity contribution is 0.415. The summed E-state index contributed by atoms with van der Waals surface area (Å²) in [5, 5.41) is 12.0. The highest BCUT2D eigenvalue weighted by molar-refractivity contribution is 6.32. The van der Waals surface area contributed by atoms with E-state index in [2.05, 4.69) is 25.7 Å². The van der Waals surface area contributed by atoms with Crippen LogP contribution in [0.4, 0.5) is 17.5 Å². The fraction of sp³-hybridized carbons (Fsp3) is 0.267. The quantitative estimate of drug-likeness (QED) is 0.747. The number of aryl methyl sites for hydroxylation is 1. The van der Waals surface area contributed by atoms with E-state index in [1.54, 1.807) is 30.1 Å². The molecule has 120 valence electrons. The smallest absolute Gasteiger partial charge is 0.226 e. The van der Waals surface area contributed by atoms with E-state index in [1.165, 1.54) is 0 Å². The van der Waals surface area contributed by atoms with E-state index in [0.717, 1.165) is 23.3 Å². The van der Waals surface area contributed by atoms with Gasteiger partial charge in [-0.2, -0.15) is 15.1 Å². The number of hydrogen-bond acceptors (Lipinski definition) is 6. The van der Waals surface area contributed by atoms with Crippen molar-refractivity contribution >= 4 is 40.1 Å². The van der Waals surface area contributed by atoms with Crippen LogP contribution in [0.25, 0.3) is 11.0 Å². The van der Waals surface area contributed by atoms with E-state index < -0.39 is 0 Å². The van der Waals surface area contributed by atoms with E-state index in [9.17, 15) is 0 Å². The minimum atomic E-state index is 0.529. The van der Waals surface area contributed by atoms with Gasteiger partial charge in [0.05, 0.1) is 23.7 Å². The first kappa shape index (κ1) is 15.4. The van der Waals surface area contributed by atoms with Gasteiger partial charge in [-0.05, 0) is 25.1 Å². The second-order valence-electron chi connectivity index (χ2n) is 4.91. The Labute approximate surface area is 138 Å². The van der Waals surface area contributed by atoms with Crippen LogP contribution >= 0.6 is 11.6 Å². The van der Waals surface area contributed by atoms with Crippen LogP contribution in [0.3, 0.4) is 0 Å². The maximum atomic E-state index is 6.17. The summed E-state index contributed by atoms with van der Waals surface area (Å²) >= 11 is 6.17. The van der Waals surface area contributed by atoms with Crippen molar-refractivity contribution in [3.63, 3.8) is 0 Å². The Morgan fingerprint density at radius 1 is 1.30 bits per heavy atom. The summed E-state index contributed by atoms with van der Waals surface area (Å²) in [6.07, 6.45) is 1.73. The second kappa shape index (κ2) is 6.29. The molecule has 2 heterocycles. The summed E-state index contributed by atoms with van der Waals surface area (Å²) in [6.45, 7) is 2.73. The van der Waals surface area contributed by atoms with Crippen LogP contribution in [0.2, 0.25) is 5.02 Å². The minimum absolute atomic E-state index is 0.529. The van der Waals surface area contributed by atoms with Gasteiger partial charge in [0.25, 0.3) is 0 Å². The molecule has 0 spiro atoms. The van der Waals surface area contributed by atoms with Crippen molar-refractivity contribution in [3.8, 4) is 5.75 Å². The molecule has 0 amide bonds. The number of nitrogens with one attached hydrogen (secondary N) is 2. The Hall–Kier alpha value is -2.54. The molecule has 23 heavy (non-hydrogen) atoms. The third kappa shape index (κ3) is 3.00. The van der Waals surface area contributed by atoms with Crippen LogP contribution in [0.5, 0.6) is 5.75 Å². The van der Waals surface area contributed by atoms with E-state index in [-0.39, 0.29) is 0 Å². The molecule has 2 N–H and O–H groups in total. The van der Waals surface area contributed by atoms with Gasteiger partial charge in [-0.25, -0.2) is 0 Å². The van der Waals surface area contributed by atoms with Gasteiger partial charge in [0.2, 0.25) is 5.95 Å². The molecular formula is C15H17ClN6O. The zero-order valence-electron chi connectivity index (χ0n) is 13.1. The standard InChI is InChI=1S/C15H17ClN6O/c1-4-17-15-20-13(10-8-18-22(2)14(10)21-15)19-9-5-6-12(23-3)11(16)7-9/h5-8H,4H2,1-3H3,(H2,17,19,20,21). The zero-order valence-corrected chi connectivity index (χ0v) is 13.8. The van der Waals surface area contributed by atoms with Gasteiger partial charge in [0.1, 0.15) is 11.6 Å². The molecule has 0 saturated heterocycles. The molecule has 0 atom stereocenters. The summed E-state index contributed by atoms with van der Waals surface area (Å²) < 4.78 is 6.88. The highest BCUT2D eigenvalue weighted by Gasteiger charge is 2.12. The number of anilines is 3. The van der Waals surface area contributed by atoms with Crippen LogP contribution < -0.4 is 15.4 Å².